The van der Waals surface area contributed by atoms with Gasteiger partial charge in [0.15, 0.2) is 5.82 Å². The molecule has 2 heterocycles. The highest BCUT2D eigenvalue weighted by atomic mass is 15.4. The summed E-state index contributed by atoms with van der Waals surface area (Å²) in [5.74, 6) is 2.20. The van der Waals surface area contributed by atoms with Crippen molar-refractivity contribution in [3.63, 3.8) is 0 Å². The van der Waals surface area contributed by atoms with Crippen molar-refractivity contribution in [1.82, 2.24) is 19.3 Å². The van der Waals surface area contributed by atoms with Gasteiger partial charge in [-0.15, -0.1) is 10.2 Å². The number of hydrogen-bond donors (Lipinski definition) is 0. The molecule has 176 valence electrons. The molecule has 0 spiro atoms. The van der Waals surface area contributed by atoms with E-state index >= 15 is 0 Å². The molecule has 0 N–H and O–H groups in total. The fourth-order valence-corrected chi connectivity index (χ4v) is 5.97. The minimum Gasteiger partial charge on any atom is -0.278 e. The van der Waals surface area contributed by atoms with E-state index in [0.29, 0.717) is 5.92 Å². The molecule has 7 rings (SSSR count). The fraction of sp³-hybridized carbons (Fsp3) is 0.188. The molecule has 1 unspecified atom stereocenters. The Kier molecular flexibility index (Phi) is 4.81. The van der Waals surface area contributed by atoms with Crippen LogP contribution in [-0.2, 0) is 6.42 Å². The SMILES string of the molecule is CC1=CC(C)CC(n2c(-c3ccc4ccccc4c3)nnc2-n2c3c(c4ccccc42)CCC=C3)=C1. The normalized spacial score (nSPS) is 17.3. The van der Waals surface area contributed by atoms with Crippen molar-refractivity contribution in [2.24, 2.45) is 5.92 Å². The summed E-state index contributed by atoms with van der Waals surface area (Å²) in [4.78, 5) is 0. The van der Waals surface area contributed by atoms with E-state index in [2.05, 4.69) is 114 Å². The zero-order chi connectivity index (χ0) is 24.2. The molecule has 2 aliphatic rings. The molecule has 0 fully saturated rings. The quantitative estimate of drug-likeness (QED) is 0.270. The van der Waals surface area contributed by atoms with E-state index in [0.717, 1.165) is 36.6 Å². The third-order valence-corrected chi connectivity index (χ3v) is 7.47. The molecule has 0 aliphatic heterocycles. The number of aromatic nitrogens is 4. The van der Waals surface area contributed by atoms with Gasteiger partial charge in [0, 0.05) is 16.6 Å². The van der Waals surface area contributed by atoms with E-state index < -0.39 is 0 Å². The van der Waals surface area contributed by atoms with Crippen LogP contribution in [0.2, 0.25) is 0 Å². The smallest absolute Gasteiger partial charge is 0.241 e. The number of para-hydroxylation sites is 1. The van der Waals surface area contributed by atoms with Gasteiger partial charge in [-0.25, -0.2) is 0 Å². The first-order valence-corrected chi connectivity index (χ1v) is 12.8. The Balaban J connectivity index is 1.53. The first kappa shape index (κ1) is 21.1. The summed E-state index contributed by atoms with van der Waals surface area (Å²) < 4.78 is 4.61. The Morgan fingerprint density at radius 3 is 2.61 bits per heavy atom. The third-order valence-electron chi connectivity index (χ3n) is 7.47. The van der Waals surface area contributed by atoms with Crippen LogP contribution < -0.4 is 0 Å². The predicted octanol–water partition coefficient (Wildman–Crippen LogP) is 7.83. The van der Waals surface area contributed by atoms with E-state index in [4.69, 9.17) is 10.2 Å². The molecule has 0 saturated heterocycles. The molecule has 0 saturated carbocycles. The molecule has 0 radical (unpaired) electrons. The van der Waals surface area contributed by atoms with Gasteiger partial charge in [0.05, 0.1) is 11.2 Å². The molecular weight excluding hydrogens is 440 g/mol. The Hall–Kier alpha value is -4.18. The number of nitrogens with zero attached hydrogens (tertiary/aromatic N) is 4. The standard InChI is InChI=1S/C32H28N4/c1-21-17-22(2)19-26(18-21)35-31(25-16-15-23-9-3-4-10-24(23)20-25)33-34-32(35)36-29-13-7-5-11-27(29)28-12-6-8-14-30(28)36/h3-5,7-11,13-18,20,22H,6,12,19H2,1-2H3. The van der Waals surface area contributed by atoms with Crippen LogP contribution in [0.5, 0.6) is 0 Å². The minimum absolute atomic E-state index is 0.458. The van der Waals surface area contributed by atoms with Gasteiger partial charge in [0.25, 0.3) is 0 Å². The second-order valence-electron chi connectivity index (χ2n) is 10.1. The zero-order valence-electron chi connectivity index (χ0n) is 20.6. The van der Waals surface area contributed by atoms with Gasteiger partial charge in [-0.1, -0.05) is 79.2 Å². The fourth-order valence-electron chi connectivity index (χ4n) is 5.97. The van der Waals surface area contributed by atoms with Crippen molar-refractivity contribution < 1.29 is 0 Å². The van der Waals surface area contributed by atoms with Crippen LogP contribution in [0.15, 0.2) is 90.5 Å². The molecule has 3 aromatic carbocycles. The van der Waals surface area contributed by atoms with Crippen molar-refractivity contribution in [3.05, 3.63) is 102 Å². The number of benzene rings is 3. The van der Waals surface area contributed by atoms with Gasteiger partial charge >= 0.3 is 0 Å². The lowest BCUT2D eigenvalue weighted by Gasteiger charge is -2.22. The van der Waals surface area contributed by atoms with Gasteiger partial charge in [-0.2, -0.15) is 0 Å². The summed E-state index contributed by atoms with van der Waals surface area (Å²) in [6, 6.07) is 23.8. The van der Waals surface area contributed by atoms with Crippen molar-refractivity contribution in [3.8, 4) is 17.3 Å². The monoisotopic (exact) mass is 468 g/mol. The highest BCUT2D eigenvalue weighted by molar-refractivity contribution is 5.91. The van der Waals surface area contributed by atoms with Crippen LogP contribution in [0.1, 0.15) is 37.9 Å². The van der Waals surface area contributed by atoms with E-state index in [1.807, 2.05) is 0 Å². The highest BCUT2D eigenvalue weighted by Crippen LogP contribution is 2.37. The number of rotatable bonds is 3. The summed E-state index contributed by atoms with van der Waals surface area (Å²) in [6.45, 7) is 4.47. The summed E-state index contributed by atoms with van der Waals surface area (Å²) in [5.41, 5.74) is 7.40. The lowest BCUT2D eigenvalue weighted by Crippen LogP contribution is -2.13. The molecule has 4 heteroatoms. The maximum atomic E-state index is 4.88. The van der Waals surface area contributed by atoms with Gasteiger partial charge in [0.1, 0.15) is 0 Å². The molecular formula is C32H28N4. The minimum atomic E-state index is 0.458. The largest absolute Gasteiger partial charge is 0.278 e. The predicted molar refractivity (Wildman–Crippen MR) is 149 cm³/mol. The van der Waals surface area contributed by atoms with Gasteiger partial charge in [0.2, 0.25) is 5.95 Å². The van der Waals surface area contributed by atoms with Crippen LogP contribution in [0, 0.1) is 5.92 Å². The Labute approximate surface area is 210 Å². The first-order chi connectivity index (χ1) is 17.7. The molecule has 5 aromatic rings. The van der Waals surface area contributed by atoms with Crippen molar-refractivity contribution in [2.45, 2.75) is 33.1 Å². The lowest BCUT2D eigenvalue weighted by atomic mass is 9.95. The van der Waals surface area contributed by atoms with E-state index in [1.54, 1.807) is 0 Å². The number of aryl methyl sites for hydroxylation is 1. The van der Waals surface area contributed by atoms with Crippen LogP contribution in [-0.4, -0.2) is 19.3 Å². The zero-order valence-corrected chi connectivity index (χ0v) is 20.6. The van der Waals surface area contributed by atoms with Gasteiger partial charge < -0.3 is 0 Å². The molecule has 2 aliphatic carbocycles. The Bertz CT molecular complexity index is 1740. The van der Waals surface area contributed by atoms with Gasteiger partial charge in [-0.3, -0.25) is 9.13 Å². The van der Waals surface area contributed by atoms with Crippen molar-refractivity contribution >= 4 is 33.4 Å². The first-order valence-electron chi connectivity index (χ1n) is 12.8. The number of allylic oxidation sites excluding steroid dienone is 5. The van der Waals surface area contributed by atoms with Crippen molar-refractivity contribution in [2.75, 3.05) is 0 Å². The van der Waals surface area contributed by atoms with E-state index in [1.165, 1.54) is 44.2 Å². The second kappa shape index (κ2) is 8.20. The van der Waals surface area contributed by atoms with Crippen LogP contribution in [0.4, 0.5) is 0 Å². The summed E-state index contributed by atoms with van der Waals surface area (Å²) >= 11 is 0. The number of hydrogen-bond acceptors (Lipinski definition) is 2. The average molecular weight is 469 g/mol. The highest BCUT2D eigenvalue weighted by Gasteiger charge is 2.26. The maximum Gasteiger partial charge on any atom is 0.241 e. The molecule has 4 nitrogen and oxygen atoms in total. The van der Waals surface area contributed by atoms with Crippen LogP contribution in [0.25, 0.3) is 50.8 Å². The Morgan fingerprint density at radius 1 is 0.889 bits per heavy atom. The molecule has 2 aromatic heterocycles. The van der Waals surface area contributed by atoms with Crippen LogP contribution >= 0.6 is 0 Å². The molecule has 0 amide bonds. The number of fused-ring (bicyclic) bond motifs is 4. The average Bonchev–Trinajstić information content (AvgIpc) is 3.47. The van der Waals surface area contributed by atoms with Crippen molar-refractivity contribution in [1.29, 1.82) is 0 Å². The summed E-state index contributed by atoms with van der Waals surface area (Å²) in [6.07, 6.45) is 12.2. The topological polar surface area (TPSA) is 35.6 Å². The second-order valence-corrected chi connectivity index (χ2v) is 10.1. The Morgan fingerprint density at radius 2 is 1.72 bits per heavy atom. The van der Waals surface area contributed by atoms with Gasteiger partial charge in [-0.05, 0) is 72.7 Å². The molecule has 36 heavy (non-hydrogen) atoms. The van der Waals surface area contributed by atoms with E-state index in [-0.39, 0.29) is 0 Å². The van der Waals surface area contributed by atoms with Crippen LogP contribution in [0.3, 0.4) is 0 Å². The maximum absolute atomic E-state index is 4.88. The van der Waals surface area contributed by atoms with E-state index in [9.17, 15) is 0 Å². The summed E-state index contributed by atoms with van der Waals surface area (Å²) in [5, 5.41) is 13.5. The summed E-state index contributed by atoms with van der Waals surface area (Å²) in [7, 11) is 0. The lowest BCUT2D eigenvalue weighted by molar-refractivity contribution is 0.712. The molecule has 0 bridgehead atoms. The third kappa shape index (κ3) is 3.29. The molecule has 1 atom stereocenters.